The van der Waals surface area contributed by atoms with E-state index < -0.39 is 34.9 Å². The average molecular weight is 528 g/mol. The SMILES string of the molecule is O=C(N[C@H](C(=O)O)C12CC3CC(CC(O)(C3)C1)C2)c1ccc2ccccc2c1OCC1CCC(F)(F)CC1. The lowest BCUT2D eigenvalue weighted by Crippen LogP contribution is -2.64. The molecule has 2 aromatic carbocycles. The van der Waals surface area contributed by atoms with Gasteiger partial charge in [0.2, 0.25) is 5.92 Å². The molecule has 0 aromatic heterocycles. The smallest absolute Gasteiger partial charge is 0.326 e. The van der Waals surface area contributed by atoms with Crippen molar-refractivity contribution in [3.63, 3.8) is 0 Å². The molecule has 5 aliphatic rings. The molecule has 4 bridgehead atoms. The highest BCUT2D eigenvalue weighted by molar-refractivity contribution is 6.05. The monoisotopic (exact) mass is 527 g/mol. The maximum absolute atomic E-state index is 13.7. The maximum atomic E-state index is 13.7. The third-order valence-electron chi connectivity index (χ3n) is 9.63. The summed E-state index contributed by atoms with van der Waals surface area (Å²) in [6, 6.07) is 9.81. The Morgan fingerprint density at radius 2 is 1.71 bits per heavy atom. The molecule has 2 unspecified atom stereocenters. The van der Waals surface area contributed by atoms with Gasteiger partial charge in [-0.25, -0.2) is 13.6 Å². The molecule has 0 spiro atoms. The van der Waals surface area contributed by atoms with Crippen LogP contribution in [0.1, 0.15) is 74.6 Å². The van der Waals surface area contributed by atoms with E-state index in [9.17, 15) is 28.6 Å². The Hall–Kier alpha value is -2.74. The van der Waals surface area contributed by atoms with Crippen LogP contribution in [0.15, 0.2) is 36.4 Å². The number of carbonyl (C=O) groups is 2. The highest BCUT2D eigenvalue weighted by atomic mass is 19.3. The second kappa shape index (κ2) is 9.18. The van der Waals surface area contributed by atoms with E-state index in [-0.39, 0.29) is 42.8 Å². The first-order valence-electron chi connectivity index (χ1n) is 13.8. The number of carboxylic acids is 1. The number of halogens is 2. The van der Waals surface area contributed by atoms with Gasteiger partial charge >= 0.3 is 5.97 Å². The molecule has 6 nitrogen and oxygen atoms in total. The number of benzene rings is 2. The van der Waals surface area contributed by atoms with Crippen molar-refractivity contribution in [1.82, 2.24) is 5.32 Å². The van der Waals surface area contributed by atoms with Gasteiger partial charge < -0.3 is 20.3 Å². The molecule has 0 saturated heterocycles. The van der Waals surface area contributed by atoms with Gasteiger partial charge in [0.15, 0.2) is 0 Å². The summed E-state index contributed by atoms with van der Waals surface area (Å²) in [5.74, 6) is -3.37. The van der Waals surface area contributed by atoms with Crippen molar-refractivity contribution in [2.75, 3.05) is 6.61 Å². The Labute approximate surface area is 220 Å². The Morgan fingerprint density at radius 1 is 1.03 bits per heavy atom. The highest BCUT2D eigenvalue weighted by Crippen LogP contribution is 2.62. The van der Waals surface area contributed by atoms with Crippen LogP contribution >= 0.6 is 0 Å². The van der Waals surface area contributed by atoms with Gasteiger partial charge in [0.25, 0.3) is 5.91 Å². The molecule has 204 valence electrons. The van der Waals surface area contributed by atoms with Crippen LogP contribution in [0.25, 0.3) is 10.8 Å². The molecular formula is C30H35F2NO5. The summed E-state index contributed by atoms with van der Waals surface area (Å²) in [5, 5.41) is 25.9. The summed E-state index contributed by atoms with van der Waals surface area (Å²) in [5.41, 5.74) is -1.29. The van der Waals surface area contributed by atoms with Gasteiger partial charge in [-0.15, -0.1) is 0 Å². The summed E-state index contributed by atoms with van der Waals surface area (Å²) < 4.78 is 33.5. The van der Waals surface area contributed by atoms with Crippen LogP contribution in [-0.2, 0) is 4.79 Å². The zero-order valence-corrected chi connectivity index (χ0v) is 21.4. The van der Waals surface area contributed by atoms with E-state index in [0.717, 1.165) is 17.2 Å². The van der Waals surface area contributed by atoms with E-state index >= 15 is 0 Å². The van der Waals surface area contributed by atoms with E-state index in [1.807, 2.05) is 30.3 Å². The molecule has 7 rings (SSSR count). The fourth-order valence-electron chi connectivity index (χ4n) is 8.35. The number of rotatable bonds is 7. The quantitative estimate of drug-likeness (QED) is 0.438. The number of amides is 1. The molecule has 5 saturated carbocycles. The first kappa shape index (κ1) is 25.5. The minimum absolute atomic E-state index is 0.0379. The number of alkyl halides is 2. The van der Waals surface area contributed by atoms with E-state index in [1.54, 1.807) is 6.07 Å². The number of ether oxygens (including phenoxy) is 1. The highest BCUT2D eigenvalue weighted by Gasteiger charge is 2.61. The molecule has 3 atom stereocenters. The average Bonchev–Trinajstić information content (AvgIpc) is 2.84. The number of aliphatic carboxylic acids is 1. The van der Waals surface area contributed by atoms with Crippen LogP contribution in [0.3, 0.4) is 0 Å². The predicted octanol–water partition coefficient (Wildman–Crippen LogP) is 5.56. The zero-order chi connectivity index (χ0) is 26.7. The van der Waals surface area contributed by atoms with Crippen molar-refractivity contribution < 1.29 is 33.3 Å². The number of carbonyl (C=O) groups excluding carboxylic acids is 1. The first-order chi connectivity index (χ1) is 18.0. The normalized spacial score (nSPS) is 32.7. The van der Waals surface area contributed by atoms with E-state index in [1.165, 1.54) is 0 Å². The number of hydrogen-bond donors (Lipinski definition) is 3. The summed E-state index contributed by atoms with van der Waals surface area (Å²) >= 11 is 0. The molecule has 3 N–H and O–H groups in total. The summed E-state index contributed by atoms with van der Waals surface area (Å²) in [7, 11) is 0. The van der Waals surface area contributed by atoms with Gasteiger partial charge in [-0.1, -0.05) is 30.3 Å². The first-order valence-corrected chi connectivity index (χ1v) is 13.8. The second-order valence-corrected chi connectivity index (χ2v) is 12.6. The van der Waals surface area contributed by atoms with Gasteiger partial charge in [0.05, 0.1) is 17.8 Å². The molecule has 0 aliphatic heterocycles. The summed E-state index contributed by atoms with van der Waals surface area (Å²) in [6.45, 7) is 0.215. The number of nitrogens with one attached hydrogen (secondary N) is 1. The topological polar surface area (TPSA) is 95.9 Å². The standard InChI is InChI=1S/C30H35F2NO5/c31-30(32)9-7-18(8-10-30)16-38-24-22-4-2-1-3-21(22)5-6-23(24)26(34)33-25(27(35)36)28-12-19-11-20(13-28)15-29(37,14-19)17-28/h1-6,18-20,25,37H,7-17H2,(H,33,34)(H,35,36)/t19?,20?,25-,28?,29?/m1/s1. The second-order valence-electron chi connectivity index (χ2n) is 12.6. The summed E-state index contributed by atoms with van der Waals surface area (Å²) in [6.07, 6.45) is 4.58. The fourth-order valence-corrected chi connectivity index (χ4v) is 8.35. The number of carboxylic acid groups (broad SMARTS) is 1. The summed E-state index contributed by atoms with van der Waals surface area (Å²) in [4.78, 5) is 26.3. The van der Waals surface area contributed by atoms with E-state index in [2.05, 4.69) is 5.32 Å². The van der Waals surface area contributed by atoms with Gasteiger partial charge in [-0.2, -0.15) is 0 Å². The van der Waals surface area contributed by atoms with E-state index in [4.69, 9.17) is 4.74 Å². The molecule has 0 radical (unpaired) electrons. The third kappa shape index (κ3) is 4.65. The minimum Gasteiger partial charge on any atom is -0.492 e. The van der Waals surface area contributed by atoms with E-state index in [0.29, 0.717) is 50.7 Å². The molecule has 0 heterocycles. The van der Waals surface area contributed by atoms with Gasteiger partial charge in [0, 0.05) is 23.6 Å². The van der Waals surface area contributed by atoms with Crippen LogP contribution in [0.2, 0.25) is 0 Å². The Balaban J connectivity index is 1.27. The number of hydrogen-bond acceptors (Lipinski definition) is 4. The van der Waals surface area contributed by atoms with Crippen molar-refractivity contribution >= 4 is 22.6 Å². The van der Waals surface area contributed by atoms with Crippen LogP contribution in [-0.4, -0.2) is 46.3 Å². The minimum atomic E-state index is -2.63. The lowest BCUT2D eigenvalue weighted by molar-refractivity contribution is -0.181. The molecule has 5 fully saturated rings. The lowest BCUT2D eigenvalue weighted by atomic mass is 9.46. The van der Waals surface area contributed by atoms with Crippen molar-refractivity contribution in [1.29, 1.82) is 0 Å². The Morgan fingerprint density at radius 3 is 2.37 bits per heavy atom. The van der Waals surface area contributed by atoms with Gasteiger partial charge in [0.1, 0.15) is 11.8 Å². The lowest BCUT2D eigenvalue weighted by Gasteiger charge is -2.61. The molecule has 5 aliphatic carbocycles. The molecule has 1 amide bonds. The van der Waals surface area contributed by atoms with Crippen molar-refractivity contribution in [3.8, 4) is 5.75 Å². The predicted molar refractivity (Wildman–Crippen MR) is 137 cm³/mol. The largest absolute Gasteiger partial charge is 0.492 e. The van der Waals surface area contributed by atoms with Crippen LogP contribution < -0.4 is 10.1 Å². The zero-order valence-electron chi connectivity index (χ0n) is 21.4. The third-order valence-corrected chi connectivity index (χ3v) is 9.63. The van der Waals surface area contributed by atoms with Crippen LogP contribution in [0, 0.1) is 23.2 Å². The van der Waals surface area contributed by atoms with Gasteiger partial charge in [-0.05, 0) is 80.6 Å². The van der Waals surface area contributed by atoms with Crippen LogP contribution in [0.4, 0.5) is 8.78 Å². The van der Waals surface area contributed by atoms with Gasteiger partial charge in [-0.3, -0.25) is 4.79 Å². The molecular weight excluding hydrogens is 492 g/mol. The fraction of sp³-hybridized carbons (Fsp3) is 0.600. The Bertz CT molecular complexity index is 1240. The maximum Gasteiger partial charge on any atom is 0.326 e. The van der Waals surface area contributed by atoms with Crippen molar-refractivity contribution in [3.05, 3.63) is 42.0 Å². The number of fused-ring (bicyclic) bond motifs is 1. The van der Waals surface area contributed by atoms with Crippen LogP contribution in [0.5, 0.6) is 5.75 Å². The molecule has 2 aromatic rings. The number of aliphatic hydroxyl groups is 1. The Kier molecular flexibility index (Phi) is 6.17. The molecule has 38 heavy (non-hydrogen) atoms. The van der Waals surface area contributed by atoms with Crippen molar-refractivity contribution in [2.45, 2.75) is 81.8 Å². The van der Waals surface area contributed by atoms with Crippen molar-refractivity contribution in [2.24, 2.45) is 23.2 Å². The molecule has 8 heteroatoms.